The molecule has 17 heteroatoms. The zero-order chi connectivity index (χ0) is 32.0. The molecule has 0 bridgehead atoms. The molecule has 0 unspecified atom stereocenters. The molecule has 0 amide bonds. The van der Waals surface area contributed by atoms with Crippen LogP contribution in [0.2, 0.25) is 0 Å². The molecule has 0 aliphatic carbocycles. The molecule has 227 valence electrons. The number of nitrogens with one attached hydrogen (secondary N) is 1. The topological polar surface area (TPSA) is 269 Å². The van der Waals surface area contributed by atoms with Gasteiger partial charge in [0.05, 0.1) is 32.6 Å². The number of azo groups is 2. The van der Waals surface area contributed by atoms with Crippen LogP contribution < -0.4 is 21.1 Å². The number of nitrogen functional groups attached to an aromatic ring is 1. The van der Waals surface area contributed by atoms with Crippen molar-refractivity contribution in [3.8, 4) is 17.2 Å². The van der Waals surface area contributed by atoms with Crippen LogP contribution in [0.15, 0.2) is 116 Å². The molecule has 0 saturated heterocycles. The van der Waals surface area contributed by atoms with Crippen molar-refractivity contribution in [3.05, 3.63) is 107 Å². The van der Waals surface area contributed by atoms with Gasteiger partial charge < -0.3 is 31.3 Å². The minimum atomic E-state index is -4.68. The van der Waals surface area contributed by atoms with E-state index in [1.54, 1.807) is 18.2 Å². The number of rotatable bonds is 6. The first-order valence-corrected chi connectivity index (χ1v) is 13.6. The van der Waals surface area contributed by atoms with Crippen LogP contribution in [0.1, 0.15) is 2.85 Å². The largest absolute Gasteiger partial charge is 3.00 e. The Morgan fingerprint density at radius 2 is 1.38 bits per heavy atom. The SMILES string of the molecule is O=[N+]([O-])c1ccc(N=Nc2c([O-])ccc3ccccc23)c([O-])c1.[Cr+3].[H+].[H+].[NH-]c1cc(N)ccc1N=Nc1cc(S(=O)(=O)[O-])ccc1[O-]. The van der Waals surface area contributed by atoms with Crippen molar-refractivity contribution >= 4 is 60.7 Å². The molecule has 5 aromatic rings. The normalized spacial score (nSPS) is 11.2. The molecule has 0 spiro atoms. The van der Waals surface area contributed by atoms with Crippen molar-refractivity contribution in [1.29, 1.82) is 0 Å². The smallest absolute Gasteiger partial charge is 0.871 e. The van der Waals surface area contributed by atoms with Gasteiger partial charge in [-0.1, -0.05) is 65.8 Å². The number of fused-ring (bicyclic) bond motifs is 1. The monoisotopic (exact) mass is 666 g/mol. The van der Waals surface area contributed by atoms with Crippen molar-refractivity contribution < 1.29 is 53.4 Å². The van der Waals surface area contributed by atoms with Gasteiger partial charge in [0.25, 0.3) is 5.69 Å². The molecule has 1 radical (unpaired) electrons. The fourth-order valence-corrected chi connectivity index (χ4v) is 4.11. The minimum absolute atomic E-state index is 0. The molecule has 5 rings (SSSR count). The summed E-state index contributed by atoms with van der Waals surface area (Å²) in [6.45, 7) is 0. The quantitative estimate of drug-likeness (QED) is 0.0743. The fourth-order valence-electron chi connectivity index (χ4n) is 3.62. The van der Waals surface area contributed by atoms with E-state index < -0.39 is 31.4 Å². The van der Waals surface area contributed by atoms with E-state index in [9.17, 15) is 38.4 Å². The van der Waals surface area contributed by atoms with Crippen LogP contribution in [0.4, 0.5) is 39.8 Å². The molecule has 0 aliphatic heterocycles. The van der Waals surface area contributed by atoms with Crippen LogP contribution in [0, 0.1) is 10.1 Å². The molecule has 0 atom stereocenters. The van der Waals surface area contributed by atoms with Gasteiger partial charge in [-0.3, -0.25) is 10.1 Å². The van der Waals surface area contributed by atoms with Gasteiger partial charge in [-0.2, -0.15) is 20.5 Å². The zero-order valence-electron chi connectivity index (χ0n) is 24.6. The molecule has 15 nitrogen and oxygen atoms in total. The van der Waals surface area contributed by atoms with Crippen LogP contribution >= 0.6 is 0 Å². The van der Waals surface area contributed by atoms with Crippen LogP contribution in [-0.2, 0) is 27.5 Å². The molecular weight excluding hydrogens is 646 g/mol. The van der Waals surface area contributed by atoms with E-state index in [0.717, 1.165) is 35.7 Å². The van der Waals surface area contributed by atoms with E-state index in [2.05, 4.69) is 20.5 Å². The number of hydrogen-bond acceptors (Lipinski definition) is 13. The Balaban J connectivity index is 0.000000444. The van der Waals surface area contributed by atoms with Crippen LogP contribution in [-0.4, -0.2) is 17.9 Å². The average Bonchev–Trinajstić information content (AvgIpc) is 2.97. The molecule has 3 N–H and O–H groups in total. The second kappa shape index (κ2) is 14.2. The second-order valence-electron chi connectivity index (χ2n) is 8.80. The van der Waals surface area contributed by atoms with E-state index >= 15 is 0 Å². The summed E-state index contributed by atoms with van der Waals surface area (Å²) < 4.78 is 32.7. The Labute approximate surface area is 268 Å². The summed E-state index contributed by atoms with van der Waals surface area (Å²) in [7, 11) is -4.68. The van der Waals surface area contributed by atoms with E-state index in [0.29, 0.717) is 11.1 Å². The average molecular weight is 667 g/mol. The van der Waals surface area contributed by atoms with Gasteiger partial charge in [0.2, 0.25) is 0 Å². The molecule has 0 aromatic heterocycles. The Kier molecular flexibility index (Phi) is 10.7. The molecule has 0 aliphatic rings. The zero-order valence-corrected chi connectivity index (χ0v) is 24.6. The van der Waals surface area contributed by atoms with Crippen molar-refractivity contribution in [2.24, 2.45) is 20.5 Å². The number of benzene rings is 5. The van der Waals surface area contributed by atoms with Gasteiger partial charge in [-0.05, 0) is 35.7 Å². The van der Waals surface area contributed by atoms with Gasteiger partial charge >= 0.3 is 20.2 Å². The number of nitro groups is 1. The van der Waals surface area contributed by atoms with Crippen molar-refractivity contribution in [3.63, 3.8) is 0 Å². The maximum absolute atomic E-state index is 12.0. The summed E-state index contributed by atoms with van der Waals surface area (Å²) in [5, 5.41) is 62.3. The molecular formula is C28H20CrN7O8S. The third-order valence-electron chi connectivity index (χ3n) is 5.78. The molecule has 0 saturated carbocycles. The van der Waals surface area contributed by atoms with Crippen molar-refractivity contribution in [2.75, 3.05) is 5.73 Å². The van der Waals surface area contributed by atoms with Crippen LogP contribution in [0.3, 0.4) is 0 Å². The summed E-state index contributed by atoms with van der Waals surface area (Å²) in [6, 6.07) is 20.4. The number of non-ortho nitro benzene ring substituents is 1. The number of nitro benzene ring substituents is 1. The van der Waals surface area contributed by atoms with Gasteiger partial charge in [-0.25, -0.2) is 8.42 Å². The van der Waals surface area contributed by atoms with Crippen molar-refractivity contribution in [1.82, 2.24) is 0 Å². The predicted octanol–water partition coefficient (Wildman–Crippen LogP) is 5.88. The van der Waals surface area contributed by atoms with Gasteiger partial charge in [0.1, 0.15) is 10.1 Å². The maximum atomic E-state index is 12.0. The number of nitrogens with zero attached hydrogens (tertiary/aromatic N) is 5. The van der Waals surface area contributed by atoms with Gasteiger partial charge in [-0.15, -0.1) is 5.69 Å². The number of hydrogen-bond donors (Lipinski definition) is 1. The van der Waals surface area contributed by atoms with E-state index in [1.807, 2.05) is 12.1 Å². The Bertz CT molecular complexity index is 2070. The van der Waals surface area contributed by atoms with Crippen LogP contribution in [0.25, 0.3) is 16.5 Å². The first-order valence-electron chi connectivity index (χ1n) is 12.2. The summed E-state index contributed by atoms with van der Waals surface area (Å²) in [5.74, 6) is -1.54. The minimum Gasteiger partial charge on any atom is -0.871 e. The number of anilines is 1. The first-order chi connectivity index (χ1) is 20.8. The third-order valence-corrected chi connectivity index (χ3v) is 6.61. The van der Waals surface area contributed by atoms with E-state index in [-0.39, 0.29) is 60.1 Å². The second-order valence-corrected chi connectivity index (χ2v) is 10.2. The maximum Gasteiger partial charge on any atom is 3.00 e. The first kappa shape index (κ1) is 33.9. The van der Waals surface area contributed by atoms with Gasteiger partial charge in [0, 0.05) is 23.2 Å². The Hall–Kier alpha value is -5.60. The summed E-state index contributed by atoms with van der Waals surface area (Å²) in [4.78, 5) is 9.37. The number of nitrogens with two attached hydrogens (primary N) is 1. The Morgan fingerprint density at radius 1 is 0.733 bits per heavy atom. The summed E-state index contributed by atoms with van der Waals surface area (Å²) >= 11 is 0. The van der Waals surface area contributed by atoms with E-state index in [1.165, 1.54) is 30.3 Å². The molecule has 5 aromatic carbocycles. The molecule has 0 fully saturated rings. The Morgan fingerprint density at radius 3 is 2.04 bits per heavy atom. The molecule has 0 heterocycles. The predicted molar refractivity (Wildman–Crippen MR) is 155 cm³/mol. The van der Waals surface area contributed by atoms with Crippen molar-refractivity contribution in [2.45, 2.75) is 4.90 Å². The summed E-state index contributed by atoms with van der Waals surface area (Å²) in [5.41, 5.74) is 13.1. The van der Waals surface area contributed by atoms with Gasteiger partial charge in [0.15, 0.2) is 0 Å². The standard InChI is InChI=1S/C16H11N3O4.C12H11N4O4S.Cr/c20-14-8-5-10-3-1-2-4-12(10)16(14)18-17-13-7-6-11(19(22)23)9-15(13)21;13-7-1-3-10(9(14)5-7)15-16-11-6-8(21(18,19)20)2-4-12(11)17;/h1-9,20-21H;1-6H,(H5-,13,14,15,16,17,18,19,20);/q;-1;+3/p-2. The summed E-state index contributed by atoms with van der Waals surface area (Å²) in [6.07, 6.45) is 0. The third kappa shape index (κ3) is 8.49. The van der Waals surface area contributed by atoms with E-state index in [4.69, 9.17) is 11.5 Å². The van der Waals surface area contributed by atoms with Crippen LogP contribution in [0.5, 0.6) is 17.2 Å². The fraction of sp³-hybridized carbons (Fsp3) is 0. The molecule has 45 heavy (non-hydrogen) atoms.